The van der Waals surface area contributed by atoms with Crippen LogP contribution in [0.25, 0.3) is 22.2 Å². The highest BCUT2D eigenvalue weighted by Gasteiger charge is 2.26. The number of nitrogen functional groups attached to an aromatic ring is 1. The van der Waals surface area contributed by atoms with E-state index in [9.17, 15) is 0 Å². The summed E-state index contributed by atoms with van der Waals surface area (Å²) < 4.78 is 7.81. The molecule has 0 unspecified atom stereocenters. The fraction of sp³-hybridized carbons (Fsp3) is 0.276. The fourth-order valence-corrected chi connectivity index (χ4v) is 5.20. The van der Waals surface area contributed by atoms with Crippen molar-refractivity contribution in [3.63, 3.8) is 0 Å². The predicted octanol–water partition coefficient (Wildman–Crippen LogP) is 4.98. The molecule has 6 rings (SSSR count). The van der Waals surface area contributed by atoms with Crippen molar-refractivity contribution < 1.29 is 4.74 Å². The molecule has 0 spiro atoms. The van der Waals surface area contributed by atoms with E-state index in [2.05, 4.69) is 61.6 Å². The third kappa shape index (κ3) is 4.39. The first-order valence-electron chi connectivity index (χ1n) is 13.2. The first-order chi connectivity index (χ1) is 19.3. The first kappa shape index (κ1) is 25.4. The number of aromatic nitrogens is 6. The quantitative estimate of drug-likeness (QED) is 0.255. The average Bonchev–Trinajstić information content (AvgIpc) is 3.23. The Morgan fingerprint density at radius 3 is 2.62 bits per heavy atom. The van der Waals surface area contributed by atoms with E-state index >= 15 is 0 Å². The molecule has 0 radical (unpaired) electrons. The molecule has 0 aliphatic carbocycles. The SMILES string of the molecule is COc1cc2c(cc1Nc1ncc(C)c(Nc3ccc4nccnc4c3N)n1)-c1cnn(C)c1CCN2C(C)C. The molecule has 11 heteroatoms. The van der Waals surface area contributed by atoms with Crippen molar-refractivity contribution in [1.82, 2.24) is 29.7 Å². The van der Waals surface area contributed by atoms with Gasteiger partial charge in [0.05, 0.1) is 35.9 Å². The maximum atomic E-state index is 6.42. The monoisotopic (exact) mass is 536 g/mol. The van der Waals surface area contributed by atoms with Gasteiger partial charge in [-0.25, -0.2) is 4.98 Å². The molecule has 0 saturated carbocycles. The van der Waals surface area contributed by atoms with Gasteiger partial charge in [-0.05, 0) is 39.0 Å². The summed E-state index contributed by atoms with van der Waals surface area (Å²) in [6, 6.07) is 8.27. The lowest BCUT2D eigenvalue weighted by atomic mass is 10.0. The number of ether oxygens (including phenoxy) is 1. The van der Waals surface area contributed by atoms with Crippen molar-refractivity contribution in [2.24, 2.45) is 7.05 Å². The molecular weight excluding hydrogens is 504 g/mol. The molecule has 11 nitrogen and oxygen atoms in total. The molecule has 0 fully saturated rings. The van der Waals surface area contributed by atoms with E-state index in [-0.39, 0.29) is 0 Å². The maximum absolute atomic E-state index is 6.42. The summed E-state index contributed by atoms with van der Waals surface area (Å²) in [5.74, 6) is 1.75. The molecule has 0 atom stereocenters. The first-order valence-corrected chi connectivity index (χ1v) is 13.2. The van der Waals surface area contributed by atoms with Crippen LogP contribution in [0.5, 0.6) is 5.75 Å². The minimum Gasteiger partial charge on any atom is -0.494 e. The molecular formula is C29H32N10O. The number of benzene rings is 2. The van der Waals surface area contributed by atoms with E-state index in [1.807, 2.05) is 37.0 Å². The lowest BCUT2D eigenvalue weighted by Gasteiger charge is -2.30. The second kappa shape index (κ2) is 9.99. The molecule has 4 N–H and O–H groups in total. The number of fused-ring (bicyclic) bond motifs is 4. The van der Waals surface area contributed by atoms with Crippen LogP contribution in [0.3, 0.4) is 0 Å². The summed E-state index contributed by atoms with van der Waals surface area (Å²) in [7, 11) is 3.67. The van der Waals surface area contributed by atoms with E-state index in [4.69, 9.17) is 15.5 Å². The zero-order valence-corrected chi connectivity index (χ0v) is 23.2. The van der Waals surface area contributed by atoms with Crippen LogP contribution in [-0.4, -0.2) is 49.4 Å². The highest BCUT2D eigenvalue weighted by molar-refractivity contribution is 5.95. The van der Waals surface area contributed by atoms with Crippen LogP contribution in [0.1, 0.15) is 25.1 Å². The number of hydrogen-bond acceptors (Lipinski definition) is 10. The van der Waals surface area contributed by atoms with Crippen LogP contribution in [0.2, 0.25) is 0 Å². The van der Waals surface area contributed by atoms with E-state index in [0.717, 1.165) is 46.5 Å². The number of anilines is 6. The molecule has 0 amide bonds. The third-order valence-corrected chi connectivity index (χ3v) is 7.34. The van der Waals surface area contributed by atoms with Crippen LogP contribution in [0, 0.1) is 6.92 Å². The van der Waals surface area contributed by atoms with Crippen molar-refractivity contribution in [3.05, 3.63) is 60.3 Å². The second-order valence-electron chi connectivity index (χ2n) is 10.2. The summed E-state index contributed by atoms with van der Waals surface area (Å²) in [5, 5.41) is 11.3. The number of nitrogens with two attached hydrogens (primary N) is 1. The Morgan fingerprint density at radius 1 is 1.00 bits per heavy atom. The number of aryl methyl sites for hydroxylation is 2. The molecule has 0 saturated heterocycles. The summed E-state index contributed by atoms with van der Waals surface area (Å²) in [6.07, 6.45) is 7.89. The van der Waals surface area contributed by atoms with Crippen molar-refractivity contribution >= 4 is 45.5 Å². The van der Waals surface area contributed by atoms with Gasteiger partial charge in [-0.3, -0.25) is 14.6 Å². The van der Waals surface area contributed by atoms with Gasteiger partial charge in [0.2, 0.25) is 5.95 Å². The minimum absolute atomic E-state index is 0.326. The Labute approximate surface area is 232 Å². The van der Waals surface area contributed by atoms with Gasteiger partial charge >= 0.3 is 0 Å². The third-order valence-electron chi connectivity index (χ3n) is 7.34. The van der Waals surface area contributed by atoms with E-state index in [0.29, 0.717) is 40.4 Å². The number of rotatable bonds is 6. The smallest absolute Gasteiger partial charge is 0.229 e. The summed E-state index contributed by atoms with van der Waals surface area (Å²) >= 11 is 0. The molecule has 2 aromatic carbocycles. The number of nitrogens with zero attached hydrogens (tertiary/aromatic N) is 7. The average molecular weight is 537 g/mol. The summed E-state index contributed by atoms with van der Waals surface area (Å²) in [6.45, 7) is 7.25. The lowest BCUT2D eigenvalue weighted by Crippen LogP contribution is -2.32. The van der Waals surface area contributed by atoms with Crippen LogP contribution in [-0.2, 0) is 13.5 Å². The molecule has 204 valence electrons. The zero-order chi connectivity index (χ0) is 28.0. The topological polar surface area (TPSA) is 132 Å². The van der Waals surface area contributed by atoms with Crippen molar-refractivity contribution in [2.75, 3.05) is 34.9 Å². The van der Waals surface area contributed by atoms with Gasteiger partial charge in [-0.15, -0.1) is 0 Å². The van der Waals surface area contributed by atoms with Gasteiger partial charge < -0.3 is 26.0 Å². The molecule has 5 aromatic rings. The van der Waals surface area contributed by atoms with Crippen LogP contribution in [0.4, 0.5) is 34.5 Å². The molecule has 1 aliphatic rings. The molecule has 3 aromatic heterocycles. The molecule has 4 heterocycles. The Kier molecular flexibility index (Phi) is 6.33. The Morgan fingerprint density at radius 2 is 1.82 bits per heavy atom. The Balaban J connectivity index is 1.38. The normalized spacial score (nSPS) is 12.7. The van der Waals surface area contributed by atoms with E-state index in [1.54, 1.807) is 25.7 Å². The number of methoxy groups -OCH3 is 1. The maximum Gasteiger partial charge on any atom is 0.229 e. The second-order valence-corrected chi connectivity index (χ2v) is 10.2. The lowest BCUT2D eigenvalue weighted by molar-refractivity contribution is 0.416. The van der Waals surface area contributed by atoms with Gasteiger partial charge in [-0.1, -0.05) is 0 Å². The summed E-state index contributed by atoms with van der Waals surface area (Å²) in [5.41, 5.74) is 15.1. The summed E-state index contributed by atoms with van der Waals surface area (Å²) in [4.78, 5) is 20.4. The standard InChI is InChI=1S/C29H32N10O/c1-16(2)39-11-8-23-19(15-34-38(23)4)18-12-22(25(40-5)13-24(18)39)36-29-33-14-17(3)28(37-29)35-20-6-7-21-27(26(20)30)32-10-9-31-21/h6-7,9-10,12-16H,8,11,30H2,1-5H3,(H2,33,35,36,37). The zero-order valence-electron chi connectivity index (χ0n) is 23.2. The van der Waals surface area contributed by atoms with E-state index < -0.39 is 0 Å². The van der Waals surface area contributed by atoms with Gasteiger partial charge in [0.25, 0.3) is 0 Å². The van der Waals surface area contributed by atoms with Gasteiger partial charge in [0.1, 0.15) is 17.1 Å². The highest BCUT2D eigenvalue weighted by Crippen LogP contribution is 2.43. The minimum atomic E-state index is 0.326. The molecule has 0 bridgehead atoms. The largest absolute Gasteiger partial charge is 0.494 e. The van der Waals surface area contributed by atoms with Crippen molar-refractivity contribution in [2.45, 2.75) is 33.2 Å². The number of nitrogens with one attached hydrogen (secondary N) is 2. The van der Waals surface area contributed by atoms with Gasteiger partial charge in [0.15, 0.2) is 0 Å². The predicted molar refractivity (Wildman–Crippen MR) is 159 cm³/mol. The Hall–Kier alpha value is -4.93. The fourth-order valence-electron chi connectivity index (χ4n) is 5.20. The van der Waals surface area contributed by atoms with Crippen molar-refractivity contribution in [1.29, 1.82) is 0 Å². The van der Waals surface area contributed by atoms with Crippen LogP contribution < -0.4 is 26.0 Å². The molecule has 1 aliphatic heterocycles. The number of hydrogen-bond donors (Lipinski definition) is 3. The highest BCUT2D eigenvalue weighted by atomic mass is 16.5. The van der Waals surface area contributed by atoms with Crippen molar-refractivity contribution in [3.8, 4) is 16.9 Å². The van der Waals surface area contributed by atoms with Gasteiger partial charge in [-0.2, -0.15) is 10.1 Å². The Bertz CT molecular complexity index is 1730. The molecule has 40 heavy (non-hydrogen) atoms. The van der Waals surface area contributed by atoms with E-state index in [1.165, 1.54) is 5.69 Å². The van der Waals surface area contributed by atoms with Crippen LogP contribution in [0.15, 0.2) is 49.1 Å². The van der Waals surface area contributed by atoms with Gasteiger partial charge in [0, 0.05) is 78.8 Å². The van der Waals surface area contributed by atoms with Crippen LogP contribution >= 0.6 is 0 Å².